The molecule has 1 saturated carbocycles. The number of nitrogens with one attached hydrogen (secondary N) is 1. The van der Waals surface area contributed by atoms with E-state index in [1.807, 2.05) is 0 Å². The molecule has 23 heavy (non-hydrogen) atoms. The number of rotatable bonds is 3. The number of Topliss-reactive ketones (excluding diaryl/α,β-unsaturated/α-hetero) is 1. The van der Waals surface area contributed by atoms with Gasteiger partial charge in [-0.05, 0) is 37.1 Å². The summed E-state index contributed by atoms with van der Waals surface area (Å²) in [6, 6.07) is 6.40. The van der Waals surface area contributed by atoms with Crippen LogP contribution in [0, 0.1) is 5.92 Å². The molecule has 3 rings (SSSR count). The largest absolute Gasteiger partial charge is 0.469 e. The Kier molecular flexibility index (Phi) is 3.91. The van der Waals surface area contributed by atoms with Gasteiger partial charge in [0.15, 0.2) is 5.78 Å². The van der Waals surface area contributed by atoms with Gasteiger partial charge in [0, 0.05) is 22.0 Å². The van der Waals surface area contributed by atoms with Crippen molar-refractivity contribution in [2.45, 2.75) is 24.4 Å². The Balaban J connectivity index is 1.92. The monoisotopic (exact) mass is 335 g/mol. The zero-order valence-electron chi connectivity index (χ0n) is 12.6. The first-order chi connectivity index (χ1) is 10.8. The number of ether oxygens (including phenoxy) is 1. The standard InChI is InChI=1S/C16H18ClN3O3/c1-23-15(22)9-6-13(18)16(19,7-9)14(21)12-5-8-4-10(17)2-3-11(8)20-12/h2-5,9,13,20H,6-7,18-19H2,1H3. The van der Waals surface area contributed by atoms with Gasteiger partial charge in [-0.15, -0.1) is 0 Å². The number of benzene rings is 1. The minimum absolute atomic E-state index is 0.176. The highest BCUT2D eigenvalue weighted by atomic mass is 35.5. The topological polar surface area (TPSA) is 111 Å². The fourth-order valence-corrected chi connectivity index (χ4v) is 3.42. The third-order valence-electron chi connectivity index (χ3n) is 4.57. The van der Waals surface area contributed by atoms with Crippen molar-refractivity contribution in [1.82, 2.24) is 4.98 Å². The van der Waals surface area contributed by atoms with Gasteiger partial charge in [-0.3, -0.25) is 9.59 Å². The number of esters is 1. The minimum atomic E-state index is -1.29. The first kappa shape index (κ1) is 16.0. The van der Waals surface area contributed by atoms with Gasteiger partial charge in [-0.1, -0.05) is 11.6 Å². The number of aromatic amines is 1. The quantitative estimate of drug-likeness (QED) is 0.583. The lowest BCUT2D eigenvalue weighted by molar-refractivity contribution is -0.145. The first-order valence-corrected chi connectivity index (χ1v) is 7.68. The first-order valence-electron chi connectivity index (χ1n) is 7.30. The summed E-state index contributed by atoms with van der Waals surface area (Å²) in [6.45, 7) is 0. The molecule has 0 spiro atoms. The Bertz CT molecular complexity index is 788. The second kappa shape index (κ2) is 5.63. The molecule has 3 atom stereocenters. The average Bonchev–Trinajstić information content (AvgIpc) is 3.07. The molecule has 6 nitrogen and oxygen atoms in total. The summed E-state index contributed by atoms with van der Waals surface area (Å²) in [6.07, 6.45) is 0.511. The molecule has 5 N–H and O–H groups in total. The fourth-order valence-electron chi connectivity index (χ4n) is 3.24. The molecule has 122 valence electrons. The number of carbonyl (C=O) groups is 2. The molecule has 1 fully saturated rings. The molecule has 0 aliphatic heterocycles. The van der Waals surface area contributed by atoms with E-state index < -0.39 is 17.5 Å². The zero-order valence-corrected chi connectivity index (χ0v) is 13.4. The molecular formula is C16H18ClN3O3. The normalized spacial score (nSPS) is 27.3. The van der Waals surface area contributed by atoms with Gasteiger partial charge in [0.05, 0.1) is 24.3 Å². The van der Waals surface area contributed by atoms with Crippen LogP contribution in [0.1, 0.15) is 23.3 Å². The predicted molar refractivity (Wildman–Crippen MR) is 87.3 cm³/mol. The maximum absolute atomic E-state index is 12.9. The molecular weight excluding hydrogens is 318 g/mol. The van der Waals surface area contributed by atoms with E-state index >= 15 is 0 Å². The molecule has 1 aliphatic carbocycles. The highest BCUT2D eigenvalue weighted by Gasteiger charge is 2.51. The van der Waals surface area contributed by atoms with Crippen molar-refractivity contribution in [2.75, 3.05) is 7.11 Å². The molecule has 7 heteroatoms. The van der Waals surface area contributed by atoms with Crippen LogP contribution >= 0.6 is 11.6 Å². The van der Waals surface area contributed by atoms with Crippen LogP contribution in [0.25, 0.3) is 10.9 Å². The third kappa shape index (κ3) is 2.63. The Morgan fingerprint density at radius 2 is 2.13 bits per heavy atom. The average molecular weight is 336 g/mol. The lowest BCUT2D eigenvalue weighted by Gasteiger charge is -2.26. The van der Waals surface area contributed by atoms with Crippen LogP contribution in [-0.2, 0) is 9.53 Å². The van der Waals surface area contributed by atoms with Crippen LogP contribution in [0.5, 0.6) is 0 Å². The summed E-state index contributed by atoms with van der Waals surface area (Å²) in [4.78, 5) is 27.6. The van der Waals surface area contributed by atoms with Crippen molar-refractivity contribution in [3.05, 3.63) is 35.0 Å². The van der Waals surface area contributed by atoms with Crippen molar-refractivity contribution in [3.63, 3.8) is 0 Å². The van der Waals surface area contributed by atoms with Crippen LogP contribution in [0.2, 0.25) is 5.02 Å². The van der Waals surface area contributed by atoms with Gasteiger partial charge in [-0.25, -0.2) is 0 Å². The Hall–Kier alpha value is -1.89. The van der Waals surface area contributed by atoms with E-state index in [9.17, 15) is 9.59 Å². The third-order valence-corrected chi connectivity index (χ3v) is 4.80. The van der Waals surface area contributed by atoms with E-state index in [1.165, 1.54) is 7.11 Å². The van der Waals surface area contributed by atoms with E-state index in [-0.39, 0.29) is 18.2 Å². The smallest absolute Gasteiger partial charge is 0.308 e. The Morgan fingerprint density at radius 3 is 2.83 bits per heavy atom. The van der Waals surface area contributed by atoms with E-state index in [1.54, 1.807) is 24.3 Å². The number of aromatic nitrogens is 1. The second-order valence-corrected chi connectivity index (χ2v) is 6.49. The summed E-state index contributed by atoms with van der Waals surface area (Å²) in [5.74, 6) is -1.14. The number of carbonyl (C=O) groups excluding carboxylic acids is 2. The van der Waals surface area contributed by atoms with E-state index in [2.05, 4.69) is 4.98 Å². The Labute approximate surface area is 138 Å². The maximum atomic E-state index is 12.9. The molecule has 0 saturated heterocycles. The van der Waals surface area contributed by atoms with Crippen LogP contribution in [0.4, 0.5) is 0 Å². The molecule has 1 aromatic carbocycles. The maximum Gasteiger partial charge on any atom is 0.308 e. The Morgan fingerprint density at radius 1 is 1.39 bits per heavy atom. The highest BCUT2D eigenvalue weighted by molar-refractivity contribution is 6.31. The number of hydrogen-bond acceptors (Lipinski definition) is 5. The minimum Gasteiger partial charge on any atom is -0.469 e. The van der Waals surface area contributed by atoms with Crippen LogP contribution in [0.15, 0.2) is 24.3 Å². The summed E-state index contributed by atoms with van der Waals surface area (Å²) in [5, 5.41) is 1.40. The molecule has 3 unspecified atom stereocenters. The highest BCUT2D eigenvalue weighted by Crippen LogP contribution is 2.35. The van der Waals surface area contributed by atoms with Gasteiger partial charge in [-0.2, -0.15) is 0 Å². The predicted octanol–water partition coefficient (Wildman–Crippen LogP) is 1.61. The molecule has 0 amide bonds. The number of H-pyrrole nitrogens is 1. The van der Waals surface area contributed by atoms with Gasteiger partial charge >= 0.3 is 5.97 Å². The lowest BCUT2D eigenvalue weighted by atomic mass is 9.87. The number of nitrogens with two attached hydrogens (primary N) is 2. The molecule has 2 aromatic rings. The molecule has 1 aromatic heterocycles. The fraction of sp³-hybridized carbons (Fsp3) is 0.375. The number of fused-ring (bicyclic) bond motifs is 1. The van der Waals surface area contributed by atoms with E-state index in [0.29, 0.717) is 17.1 Å². The number of methoxy groups -OCH3 is 1. The number of hydrogen-bond donors (Lipinski definition) is 3. The van der Waals surface area contributed by atoms with Gasteiger partial charge in [0.25, 0.3) is 0 Å². The van der Waals surface area contributed by atoms with Crippen LogP contribution < -0.4 is 11.5 Å². The van der Waals surface area contributed by atoms with Crippen LogP contribution in [0.3, 0.4) is 0 Å². The van der Waals surface area contributed by atoms with Crippen molar-refractivity contribution >= 4 is 34.3 Å². The summed E-state index contributed by atoms with van der Waals surface area (Å²) in [7, 11) is 1.31. The van der Waals surface area contributed by atoms with Gasteiger partial charge in [0.1, 0.15) is 0 Å². The van der Waals surface area contributed by atoms with Crippen molar-refractivity contribution in [3.8, 4) is 0 Å². The van der Waals surface area contributed by atoms with Gasteiger partial charge in [0.2, 0.25) is 0 Å². The molecule has 0 radical (unpaired) electrons. The zero-order chi connectivity index (χ0) is 16.8. The SMILES string of the molecule is COC(=O)C1CC(N)C(N)(C(=O)c2cc3cc(Cl)ccc3[nH]2)C1. The number of ketones is 1. The molecule has 1 aliphatic rings. The molecule has 1 heterocycles. The summed E-state index contributed by atoms with van der Waals surface area (Å²) < 4.78 is 4.74. The van der Waals surface area contributed by atoms with E-state index in [0.717, 1.165) is 10.9 Å². The van der Waals surface area contributed by atoms with Crippen molar-refractivity contribution in [2.24, 2.45) is 17.4 Å². The summed E-state index contributed by atoms with van der Waals surface area (Å²) in [5.41, 5.74) is 12.2. The second-order valence-electron chi connectivity index (χ2n) is 6.05. The van der Waals surface area contributed by atoms with Gasteiger partial charge < -0.3 is 21.2 Å². The molecule has 0 bridgehead atoms. The summed E-state index contributed by atoms with van der Waals surface area (Å²) >= 11 is 5.96. The van der Waals surface area contributed by atoms with Crippen molar-refractivity contribution < 1.29 is 14.3 Å². The van der Waals surface area contributed by atoms with Crippen LogP contribution in [-0.4, -0.2) is 35.4 Å². The van der Waals surface area contributed by atoms with E-state index in [4.69, 9.17) is 27.8 Å². The lowest BCUT2D eigenvalue weighted by Crippen LogP contribution is -2.57. The van der Waals surface area contributed by atoms with Crippen molar-refractivity contribution in [1.29, 1.82) is 0 Å². The number of halogens is 1.